The van der Waals surface area contributed by atoms with Crippen LogP contribution in [-0.2, 0) is 24.2 Å². The number of carbonyl (C=O) groups is 1. The lowest BCUT2D eigenvalue weighted by Gasteiger charge is -2.26. The standard InChI is InChI=1S/C34H32ClFN4O3S2/c35-32-31(28-16-14-25(15-17-28)23-37-45(42)43)38-33(44-32)39-34(41)40(20-18-24-8-7-13-29(36)22-24)21-19-30(26-9-3-1-4-10-26)27-11-5-2-6-12-27/h1-17,22,30,37H,18-21,23H2,(H,42,43)(H,38,39,41). The van der Waals surface area contributed by atoms with Crippen molar-refractivity contribution in [2.24, 2.45) is 0 Å². The molecule has 1 aromatic heterocycles. The van der Waals surface area contributed by atoms with Gasteiger partial charge in [-0.2, -0.15) is 0 Å². The van der Waals surface area contributed by atoms with Crippen molar-refractivity contribution < 1.29 is 17.9 Å². The van der Waals surface area contributed by atoms with E-state index in [1.165, 1.54) is 23.5 Å². The van der Waals surface area contributed by atoms with Gasteiger partial charge in [0.05, 0.1) is 0 Å². The third kappa shape index (κ3) is 9.29. The summed E-state index contributed by atoms with van der Waals surface area (Å²) in [6, 6.07) is 33.8. The molecule has 0 saturated heterocycles. The van der Waals surface area contributed by atoms with Gasteiger partial charge in [0.2, 0.25) is 11.3 Å². The van der Waals surface area contributed by atoms with Gasteiger partial charge in [-0.15, -0.1) is 0 Å². The lowest BCUT2D eigenvalue weighted by Crippen LogP contribution is -2.38. The van der Waals surface area contributed by atoms with Gasteiger partial charge in [0.15, 0.2) is 5.13 Å². The SMILES string of the molecule is O=C(Nc1nc(-c2ccc(CNS(=O)O)cc2)c(Cl)s1)N(CCc1cccc(F)c1)CCC(c1ccccc1)c1ccccc1. The van der Waals surface area contributed by atoms with Crippen molar-refractivity contribution >= 4 is 45.4 Å². The minimum atomic E-state index is -2.10. The van der Waals surface area contributed by atoms with E-state index in [4.69, 9.17) is 16.2 Å². The first-order valence-corrected chi connectivity index (χ1v) is 16.7. The predicted molar refractivity (Wildman–Crippen MR) is 180 cm³/mol. The third-order valence-electron chi connectivity index (χ3n) is 7.37. The molecular formula is C34H32ClFN4O3S2. The second-order valence-corrected chi connectivity index (χ2v) is 12.8. The first-order chi connectivity index (χ1) is 21.9. The molecule has 7 nitrogen and oxygen atoms in total. The van der Waals surface area contributed by atoms with Crippen LogP contribution in [0.1, 0.15) is 34.6 Å². The lowest BCUT2D eigenvalue weighted by molar-refractivity contribution is 0.210. The van der Waals surface area contributed by atoms with Gasteiger partial charge in [-0.1, -0.05) is 120 Å². The topological polar surface area (TPSA) is 94.6 Å². The Labute approximate surface area is 273 Å². The third-order valence-corrected chi connectivity index (χ3v) is 8.93. The van der Waals surface area contributed by atoms with E-state index >= 15 is 0 Å². The highest BCUT2D eigenvalue weighted by molar-refractivity contribution is 7.77. The number of rotatable bonds is 13. The number of urea groups is 1. The molecule has 0 spiro atoms. The maximum Gasteiger partial charge on any atom is 0.323 e. The number of hydrogen-bond donors (Lipinski definition) is 3. The van der Waals surface area contributed by atoms with E-state index in [1.54, 1.807) is 11.0 Å². The Kier molecular flexibility index (Phi) is 11.5. The number of nitrogens with zero attached hydrogens (tertiary/aromatic N) is 2. The number of carbonyl (C=O) groups excluding carboxylic acids is 1. The van der Waals surface area contributed by atoms with Crippen molar-refractivity contribution in [3.8, 4) is 11.3 Å². The van der Waals surface area contributed by atoms with E-state index in [2.05, 4.69) is 39.3 Å². The maximum absolute atomic E-state index is 13.9. The Morgan fingerprint density at radius 3 is 2.20 bits per heavy atom. The second-order valence-electron chi connectivity index (χ2n) is 10.4. The van der Waals surface area contributed by atoms with Crippen LogP contribution in [0.15, 0.2) is 109 Å². The molecule has 0 saturated carbocycles. The van der Waals surface area contributed by atoms with Crippen LogP contribution in [0.3, 0.4) is 0 Å². The summed E-state index contributed by atoms with van der Waals surface area (Å²) in [5.74, 6) is -0.234. The molecule has 1 heterocycles. The van der Waals surface area contributed by atoms with E-state index in [9.17, 15) is 13.4 Å². The van der Waals surface area contributed by atoms with Crippen LogP contribution < -0.4 is 10.0 Å². The molecule has 4 aromatic carbocycles. The number of halogens is 2. The van der Waals surface area contributed by atoms with Gasteiger partial charge in [-0.3, -0.25) is 9.87 Å². The highest BCUT2D eigenvalue weighted by atomic mass is 35.5. The van der Waals surface area contributed by atoms with Crippen LogP contribution in [0.4, 0.5) is 14.3 Å². The zero-order chi connectivity index (χ0) is 31.6. The van der Waals surface area contributed by atoms with Gasteiger partial charge >= 0.3 is 6.03 Å². The predicted octanol–water partition coefficient (Wildman–Crippen LogP) is 8.13. The average molecular weight is 663 g/mol. The number of aromatic nitrogens is 1. The summed E-state index contributed by atoms with van der Waals surface area (Å²) < 4.78 is 36.6. The van der Waals surface area contributed by atoms with Crippen molar-refractivity contribution in [1.29, 1.82) is 0 Å². The summed E-state index contributed by atoms with van der Waals surface area (Å²) in [5, 5.41) is 3.29. The van der Waals surface area contributed by atoms with Crippen LogP contribution >= 0.6 is 22.9 Å². The fraction of sp³-hybridized carbons (Fsp3) is 0.176. The summed E-state index contributed by atoms with van der Waals surface area (Å²) in [5.41, 5.74) is 5.23. The zero-order valence-corrected chi connectivity index (χ0v) is 26.6. The number of thiazole rings is 1. The summed E-state index contributed by atoms with van der Waals surface area (Å²) in [7, 11) is 0. The average Bonchev–Trinajstić information content (AvgIpc) is 3.42. The molecule has 0 aliphatic heterocycles. The van der Waals surface area contributed by atoms with Crippen LogP contribution in [0.5, 0.6) is 0 Å². The molecule has 5 rings (SSSR count). The van der Waals surface area contributed by atoms with E-state index in [0.717, 1.165) is 27.8 Å². The number of anilines is 1. The smallest absolute Gasteiger partial charge is 0.323 e. The molecule has 0 fully saturated rings. The Hall–Kier alpha value is -3.93. The number of nitrogens with one attached hydrogen (secondary N) is 2. The Morgan fingerprint density at radius 1 is 0.911 bits per heavy atom. The molecule has 0 radical (unpaired) electrons. The molecule has 1 atom stereocenters. The number of hydrogen-bond acceptors (Lipinski definition) is 4. The van der Waals surface area contributed by atoms with Gasteiger partial charge < -0.3 is 4.90 Å². The first-order valence-electron chi connectivity index (χ1n) is 14.4. The normalized spacial score (nSPS) is 11.8. The van der Waals surface area contributed by atoms with Crippen LogP contribution in [0, 0.1) is 5.82 Å². The van der Waals surface area contributed by atoms with Gasteiger partial charge in [0.25, 0.3) is 0 Å². The van der Waals surface area contributed by atoms with Crippen molar-refractivity contribution in [2.45, 2.75) is 25.3 Å². The van der Waals surface area contributed by atoms with Crippen molar-refractivity contribution in [3.05, 3.63) is 142 Å². The lowest BCUT2D eigenvalue weighted by atomic mass is 9.88. The van der Waals surface area contributed by atoms with Crippen molar-refractivity contribution in [3.63, 3.8) is 0 Å². The monoisotopic (exact) mass is 662 g/mol. The quantitative estimate of drug-likeness (QED) is 0.111. The summed E-state index contributed by atoms with van der Waals surface area (Å²) >= 11 is 5.62. The fourth-order valence-electron chi connectivity index (χ4n) is 5.08. The Balaban J connectivity index is 1.33. The van der Waals surface area contributed by atoms with E-state index in [-0.39, 0.29) is 24.3 Å². The zero-order valence-electron chi connectivity index (χ0n) is 24.2. The molecular weight excluding hydrogens is 631 g/mol. The maximum atomic E-state index is 13.9. The molecule has 5 aromatic rings. The minimum absolute atomic E-state index is 0.0772. The van der Waals surface area contributed by atoms with E-state index in [0.29, 0.717) is 41.1 Å². The van der Waals surface area contributed by atoms with E-state index in [1.807, 2.05) is 66.7 Å². The molecule has 2 amide bonds. The summed E-state index contributed by atoms with van der Waals surface area (Å²) in [6.45, 7) is 1.07. The minimum Gasteiger partial charge on any atom is -0.324 e. The molecule has 232 valence electrons. The van der Waals surface area contributed by atoms with Gasteiger partial charge in [-0.25, -0.2) is 23.1 Å². The molecule has 0 bridgehead atoms. The van der Waals surface area contributed by atoms with Crippen LogP contribution in [-0.4, -0.2) is 37.8 Å². The Morgan fingerprint density at radius 2 is 1.58 bits per heavy atom. The fourth-order valence-corrected chi connectivity index (χ4v) is 6.45. The summed E-state index contributed by atoms with van der Waals surface area (Å²) in [6.07, 6.45) is 1.17. The first kappa shape index (κ1) is 32.5. The number of benzene rings is 4. The van der Waals surface area contributed by atoms with Gasteiger partial charge in [0, 0.05) is 31.1 Å². The molecule has 11 heteroatoms. The van der Waals surface area contributed by atoms with Crippen LogP contribution in [0.2, 0.25) is 4.34 Å². The number of amides is 2. The second kappa shape index (κ2) is 15.9. The summed E-state index contributed by atoms with van der Waals surface area (Å²) in [4.78, 5) is 20.1. The molecule has 0 aliphatic rings. The van der Waals surface area contributed by atoms with Gasteiger partial charge in [-0.05, 0) is 47.2 Å². The molecule has 45 heavy (non-hydrogen) atoms. The van der Waals surface area contributed by atoms with Crippen molar-refractivity contribution in [2.75, 3.05) is 18.4 Å². The highest BCUT2D eigenvalue weighted by Crippen LogP contribution is 2.35. The highest BCUT2D eigenvalue weighted by Gasteiger charge is 2.21. The molecule has 0 aliphatic carbocycles. The molecule has 1 unspecified atom stereocenters. The largest absolute Gasteiger partial charge is 0.324 e. The molecule has 3 N–H and O–H groups in total. The van der Waals surface area contributed by atoms with E-state index < -0.39 is 11.3 Å². The van der Waals surface area contributed by atoms with Crippen molar-refractivity contribution in [1.82, 2.24) is 14.6 Å². The van der Waals surface area contributed by atoms with Gasteiger partial charge in [0.1, 0.15) is 15.8 Å². The van der Waals surface area contributed by atoms with Crippen LogP contribution in [0.25, 0.3) is 11.3 Å². The Bertz CT molecular complexity index is 1680.